The van der Waals surface area contributed by atoms with Crippen LogP contribution in [0.2, 0.25) is 0 Å². The quantitative estimate of drug-likeness (QED) is 0.275. The highest BCUT2D eigenvalue weighted by Gasteiger charge is 2.22. The highest BCUT2D eigenvalue weighted by molar-refractivity contribution is 5.82. The van der Waals surface area contributed by atoms with E-state index in [2.05, 4.69) is 30.7 Å². The van der Waals surface area contributed by atoms with Crippen LogP contribution in [0.5, 0.6) is 0 Å². The van der Waals surface area contributed by atoms with E-state index in [9.17, 15) is 9.59 Å². The van der Waals surface area contributed by atoms with Crippen molar-refractivity contribution < 1.29 is 14.3 Å². The van der Waals surface area contributed by atoms with Gasteiger partial charge >= 0.3 is 0 Å². The Morgan fingerprint density at radius 3 is 2.29 bits per heavy atom. The molecule has 3 N–H and O–H groups in total. The monoisotopic (exact) mass is 398 g/mol. The smallest absolute Gasteiger partial charge is 0.234 e. The maximum absolute atomic E-state index is 11.9. The van der Waals surface area contributed by atoms with Crippen molar-refractivity contribution in [1.82, 2.24) is 25.8 Å². The molecule has 28 heavy (non-hydrogen) atoms. The zero-order valence-electron chi connectivity index (χ0n) is 18.1. The SMILES string of the molecule is CCNC(=NCCNC(=O)C(C)(C)C)N1CCN(CC(=O)NCCOC)CC1. The van der Waals surface area contributed by atoms with Gasteiger partial charge in [0.2, 0.25) is 11.8 Å². The lowest BCUT2D eigenvalue weighted by Crippen LogP contribution is -2.54. The van der Waals surface area contributed by atoms with Crippen molar-refractivity contribution in [3.63, 3.8) is 0 Å². The Hall–Kier alpha value is -1.87. The molecule has 1 rings (SSSR count). The van der Waals surface area contributed by atoms with Gasteiger partial charge in [0, 0.05) is 58.3 Å². The molecular weight excluding hydrogens is 360 g/mol. The third-order valence-corrected chi connectivity index (χ3v) is 4.34. The van der Waals surface area contributed by atoms with E-state index >= 15 is 0 Å². The van der Waals surface area contributed by atoms with Crippen LogP contribution in [0.4, 0.5) is 0 Å². The molecule has 0 aliphatic carbocycles. The Labute approximate surface area is 169 Å². The van der Waals surface area contributed by atoms with Crippen molar-refractivity contribution >= 4 is 17.8 Å². The normalized spacial score (nSPS) is 16.0. The van der Waals surface area contributed by atoms with Gasteiger partial charge in [-0.05, 0) is 6.92 Å². The Morgan fingerprint density at radius 1 is 1.04 bits per heavy atom. The number of nitrogens with one attached hydrogen (secondary N) is 3. The predicted molar refractivity (Wildman–Crippen MR) is 111 cm³/mol. The van der Waals surface area contributed by atoms with E-state index in [4.69, 9.17) is 4.74 Å². The highest BCUT2D eigenvalue weighted by Crippen LogP contribution is 2.11. The van der Waals surface area contributed by atoms with Crippen LogP contribution in [-0.2, 0) is 14.3 Å². The minimum atomic E-state index is -0.388. The molecule has 0 spiro atoms. The van der Waals surface area contributed by atoms with E-state index in [0.29, 0.717) is 32.8 Å². The van der Waals surface area contributed by atoms with E-state index in [1.165, 1.54) is 0 Å². The molecule has 0 unspecified atom stereocenters. The Morgan fingerprint density at radius 2 is 1.71 bits per heavy atom. The van der Waals surface area contributed by atoms with E-state index in [-0.39, 0.29) is 17.2 Å². The molecule has 0 aromatic carbocycles. The summed E-state index contributed by atoms with van der Waals surface area (Å²) in [5.74, 6) is 0.919. The summed E-state index contributed by atoms with van der Waals surface area (Å²) in [6.07, 6.45) is 0. The number of carbonyl (C=O) groups is 2. The molecule has 0 radical (unpaired) electrons. The maximum Gasteiger partial charge on any atom is 0.234 e. The van der Waals surface area contributed by atoms with Gasteiger partial charge in [0.1, 0.15) is 0 Å². The second-order valence-electron chi connectivity index (χ2n) is 7.85. The number of ether oxygens (including phenoxy) is 1. The lowest BCUT2D eigenvalue weighted by Gasteiger charge is -2.36. The molecule has 1 aliphatic rings. The Kier molecular flexibility index (Phi) is 10.8. The van der Waals surface area contributed by atoms with Gasteiger partial charge in [-0.2, -0.15) is 0 Å². The average Bonchev–Trinajstić information content (AvgIpc) is 2.64. The van der Waals surface area contributed by atoms with Crippen molar-refractivity contribution in [3.8, 4) is 0 Å². The molecule has 1 fully saturated rings. The molecule has 1 saturated heterocycles. The van der Waals surface area contributed by atoms with Crippen LogP contribution in [0.1, 0.15) is 27.7 Å². The van der Waals surface area contributed by atoms with E-state index in [0.717, 1.165) is 38.7 Å². The van der Waals surface area contributed by atoms with Crippen molar-refractivity contribution in [2.24, 2.45) is 10.4 Å². The van der Waals surface area contributed by atoms with Gasteiger partial charge in [-0.25, -0.2) is 0 Å². The minimum absolute atomic E-state index is 0.0284. The number of rotatable bonds is 9. The molecule has 162 valence electrons. The van der Waals surface area contributed by atoms with Crippen LogP contribution in [0, 0.1) is 5.41 Å². The number of aliphatic imine (C=N–C) groups is 1. The third kappa shape index (κ3) is 9.36. The van der Waals surface area contributed by atoms with Gasteiger partial charge in [0.05, 0.1) is 19.7 Å². The summed E-state index contributed by atoms with van der Waals surface area (Å²) in [5.41, 5.74) is -0.388. The van der Waals surface area contributed by atoms with Crippen LogP contribution in [0.25, 0.3) is 0 Å². The summed E-state index contributed by atoms with van der Waals surface area (Å²) in [6.45, 7) is 14.3. The number of nitrogens with zero attached hydrogens (tertiary/aromatic N) is 3. The van der Waals surface area contributed by atoms with Gasteiger partial charge in [0.25, 0.3) is 0 Å². The molecule has 9 heteroatoms. The van der Waals surface area contributed by atoms with Gasteiger partial charge in [0.15, 0.2) is 5.96 Å². The molecule has 1 heterocycles. The van der Waals surface area contributed by atoms with E-state index < -0.39 is 0 Å². The number of amides is 2. The van der Waals surface area contributed by atoms with Crippen molar-refractivity contribution in [1.29, 1.82) is 0 Å². The van der Waals surface area contributed by atoms with Crippen molar-refractivity contribution in [3.05, 3.63) is 0 Å². The number of hydrogen-bond donors (Lipinski definition) is 3. The average molecular weight is 399 g/mol. The number of piperazine rings is 1. The van der Waals surface area contributed by atoms with Crippen molar-refractivity contribution in [2.75, 3.05) is 72.6 Å². The Bertz CT molecular complexity index is 510. The second kappa shape index (κ2) is 12.6. The first-order valence-electron chi connectivity index (χ1n) is 10.1. The van der Waals surface area contributed by atoms with Crippen LogP contribution in [0.15, 0.2) is 4.99 Å². The summed E-state index contributed by atoms with van der Waals surface area (Å²) in [6, 6.07) is 0. The van der Waals surface area contributed by atoms with Crippen LogP contribution >= 0.6 is 0 Å². The predicted octanol–water partition coefficient (Wildman–Crippen LogP) is -0.506. The fourth-order valence-corrected chi connectivity index (χ4v) is 2.69. The van der Waals surface area contributed by atoms with Crippen LogP contribution in [-0.4, -0.2) is 100 Å². The third-order valence-electron chi connectivity index (χ3n) is 4.34. The van der Waals surface area contributed by atoms with E-state index in [1.54, 1.807) is 7.11 Å². The highest BCUT2D eigenvalue weighted by atomic mass is 16.5. The number of methoxy groups -OCH3 is 1. The second-order valence-corrected chi connectivity index (χ2v) is 7.85. The topological polar surface area (TPSA) is 98.3 Å². The summed E-state index contributed by atoms with van der Waals surface area (Å²) < 4.78 is 4.94. The molecule has 0 saturated carbocycles. The molecule has 1 aliphatic heterocycles. The lowest BCUT2D eigenvalue weighted by atomic mass is 9.96. The van der Waals surface area contributed by atoms with Gasteiger partial charge in [-0.3, -0.25) is 19.5 Å². The molecule has 9 nitrogen and oxygen atoms in total. The summed E-state index contributed by atoms with van der Waals surface area (Å²) >= 11 is 0. The molecule has 2 amide bonds. The number of guanidine groups is 1. The largest absolute Gasteiger partial charge is 0.383 e. The standard InChI is InChI=1S/C19H38N6O3/c1-6-20-18(23-8-7-22-17(27)19(2,3)4)25-12-10-24(11-13-25)15-16(26)21-9-14-28-5/h6-15H2,1-5H3,(H,20,23)(H,21,26)(H,22,27). The number of carbonyl (C=O) groups excluding carboxylic acids is 2. The van der Waals surface area contributed by atoms with Gasteiger partial charge in [-0.15, -0.1) is 0 Å². The lowest BCUT2D eigenvalue weighted by molar-refractivity contribution is -0.128. The summed E-state index contributed by atoms with van der Waals surface area (Å²) in [4.78, 5) is 32.8. The number of hydrogen-bond acceptors (Lipinski definition) is 5. The first-order valence-corrected chi connectivity index (χ1v) is 10.1. The van der Waals surface area contributed by atoms with Crippen molar-refractivity contribution in [2.45, 2.75) is 27.7 Å². The first-order chi connectivity index (χ1) is 13.3. The Balaban J connectivity index is 2.40. The zero-order chi connectivity index (χ0) is 21.0. The molecular formula is C19H38N6O3. The van der Waals surface area contributed by atoms with Crippen LogP contribution < -0.4 is 16.0 Å². The fourth-order valence-electron chi connectivity index (χ4n) is 2.69. The first kappa shape index (κ1) is 24.2. The van der Waals surface area contributed by atoms with Gasteiger partial charge < -0.3 is 25.6 Å². The zero-order valence-corrected chi connectivity index (χ0v) is 18.1. The minimum Gasteiger partial charge on any atom is -0.383 e. The molecule has 0 bridgehead atoms. The van der Waals surface area contributed by atoms with Gasteiger partial charge in [-0.1, -0.05) is 20.8 Å². The summed E-state index contributed by atoms with van der Waals surface area (Å²) in [5, 5.41) is 9.08. The summed E-state index contributed by atoms with van der Waals surface area (Å²) in [7, 11) is 1.62. The van der Waals surface area contributed by atoms with E-state index in [1.807, 2.05) is 27.7 Å². The fraction of sp³-hybridized carbons (Fsp3) is 0.842. The van der Waals surface area contributed by atoms with Crippen LogP contribution in [0.3, 0.4) is 0 Å². The maximum atomic E-state index is 11.9. The molecule has 0 atom stereocenters. The molecule has 0 aromatic rings. The molecule has 0 aromatic heterocycles.